The second-order valence-electron chi connectivity index (χ2n) is 7.41. The van der Waals surface area contributed by atoms with Crippen molar-refractivity contribution in [2.45, 2.75) is 32.1 Å². The Hall–Kier alpha value is -1.52. The number of benzene rings is 1. The molecule has 0 radical (unpaired) electrons. The molecule has 130 valence electrons. The minimum absolute atomic E-state index is 0.479. The third kappa shape index (κ3) is 2.67. The number of halogens is 2. The van der Waals surface area contributed by atoms with E-state index in [1.807, 2.05) is 19.1 Å². The van der Waals surface area contributed by atoms with Gasteiger partial charge >= 0.3 is 0 Å². The van der Waals surface area contributed by atoms with Gasteiger partial charge in [0.2, 0.25) is 0 Å². The molecule has 5 rings (SSSR count). The van der Waals surface area contributed by atoms with E-state index >= 15 is 0 Å². The highest BCUT2D eigenvalue weighted by molar-refractivity contribution is 6.36. The summed E-state index contributed by atoms with van der Waals surface area (Å²) < 4.78 is 0. The maximum atomic E-state index is 6.49. The van der Waals surface area contributed by atoms with Gasteiger partial charge < -0.3 is 9.80 Å². The Morgan fingerprint density at radius 3 is 2.68 bits per heavy atom. The number of anilines is 3. The molecular formula is C19H20Cl2N4. The summed E-state index contributed by atoms with van der Waals surface area (Å²) in [7, 11) is 0. The van der Waals surface area contributed by atoms with Crippen LogP contribution in [0.25, 0.3) is 0 Å². The Kier molecular flexibility index (Phi) is 3.61. The fourth-order valence-electron chi connectivity index (χ4n) is 4.12. The minimum Gasteiger partial charge on any atom is -0.356 e. The van der Waals surface area contributed by atoms with Gasteiger partial charge in [0.1, 0.15) is 17.5 Å². The summed E-state index contributed by atoms with van der Waals surface area (Å²) in [6.45, 7) is 5.12. The predicted molar refractivity (Wildman–Crippen MR) is 103 cm³/mol. The Bertz CT molecular complexity index is 850. The van der Waals surface area contributed by atoms with Gasteiger partial charge in [-0.15, -0.1) is 0 Å². The van der Waals surface area contributed by atoms with Crippen LogP contribution in [0.3, 0.4) is 0 Å². The molecule has 3 heterocycles. The molecule has 0 spiro atoms. The van der Waals surface area contributed by atoms with E-state index in [0.717, 1.165) is 55.1 Å². The summed E-state index contributed by atoms with van der Waals surface area (Å²) >= 11 is 12.6. The van der Waals surface area contributed by atoms with Crippen molar-refractivity contribution < 1.29 is 0 Å². The van der Waals surface area contributed by atoms with Crippen molar-refractivity contribution in [2.24, 2.45) is 5.92 Å². The Morgan fingerprint density at radius 2 is 1.92 bits per heavy atom. The molecular weight excluding hydrogens is 355 g/mol. The Morgan fingerprint density at radius 1 is 1.12 bits per heavy atom. The summed E-state index contributed by atoms with van der Waals surface area (Å²) in [4.78, 5) is 14.3. The SMILES string of the molecule is Cc1nc2c3c(n1)N(c1ccc(Cl)cc1Cl)CC3CCN2CC1CC1. The number of rotatable bonds is 3. The summed E-state index contributed by atoms with van der Waals surface area (Å²) in [5, 5.41) is 1.33. The van der Waals surface area contributed by atoms with E-state index in [4.69, 9.17) is 33.2 Å². The van der Waals surface area contributed by atoms with E-state index in [9.17, 15) is 0 Å². The first kappa shape index (κ1) is 15.7. The molecule has 2 aliphatic heterocycles. The molecule has 4 nitrogen and oxygen atoms in total. The van der Waals surface area contributed by atoms with Crippen LogP contribution >= 0.6 is 23.2 Å². The maximum absolute atomic E-state index is 6.49. The highest BCUT2D eigenvalue weighted by Gasteiger charge is 2.40. The molecule has 1 fully saturated rings. The van der Waals surface area contributed by atoms with E-state index in [1.54, 1.807) is 6.07 Å². The van der Waals surface area contributed by atoms with Crippen molar-refractivity contribution in [3.8, 4) is 0 Å². The zero-order chi connectivity index (χ0) is 17.1. The van der Waals surface area contributed by atoms with Crippen LogP contribution in [-0.2, 0) is 0 Å². The first-order chi connectivity index (χ1) is 12.1. The van der Waals surface area contributed by atoms with E-state index < -0.39 is 0 Å². The lowest BCUT2D eigenvalue weighted by atomic mass is 9.95. The first-order valence-corrected chi connectivity index (χ1v) is 9.72. The van der Waals surface area contributed by atoms with Gasteiger partial charge in [0.05, 0.1) is 10.7 Å². The standard InChI is InChI=1S/C19H20Cl2N4/c1-11-22-18-17-13(6-7-24(18)9-12-2-3-12)10-25(19(17)23-11)16-5-4-14(20)8-15(16)21/h4-5,8,12-13H,2-3,6-7,9-10H2,1H3. The molecule has 25 heavy (non-hydrogen) atoms. The second kappa shape index (κ2) is 5.75. The number of hydrogen-bond donors (Lipinski definition) is 0. The van der Waals surface area contributed by atoms with Crippen LogP contribution in [0, 0.1) is 12.8 Å². The van der Waals surface area contributed by atoms with E-state index in [2.05, 4.69) is 9.80 Å². The van der Waals surface area contributed by atoms with Gasteiger partial charge in [-0.2, -0.15) is 0 Å². The van der Waals surface area contributed by atoms with Crippen LogP contribution in [0.4, 0.5) is 17.3 Å². The van der Waals surface area contributed by atoms with Gasteiger partial charge in [-0.25, -0.2) is 9.97 Å². The van der Waals surface area contributed by atoms with Crippen LogP contribution in [0.5, 0.6) is 0 Å². The van der Waals surface area contributed by atoms with Crippen LogP contribution in [0.15, 0.2) is 18.2 Å². The summed E-state index contributed by atoms with van der Waals surface area (Å²) in [5.41, 5.74) is 2.29. The lowest BCUT2D eigenvalue weighted by Gasteiger charge is -2.32. The molecule has 1 unspecified atom stereocenters. The Labute approximate surface area is 157 Å². The summed E-state index contributed by atoms with van der Waals surface area (Å²) in [6, 6.07) is 5.69. The molecule has 1 saturated carbocycles. The summed E-state index contributed by atoms with van der Waals surface area (Å²) in [6.07, 6.45) is 3.87. The number of nitrogens with zero attached hydrogens (tertiary/aromatic N) is 4. The van der Waals surface area contributed by atoms with Crippen molar-refractivity contribution in [1.82, 2.24) is 9.97 Å². The molecule has 1 aromatic heterocycles. The van der Waals surface area contributed by atoms with E-state index in [-0.39, 0.29) is 0 Å². The average molecular weight is 375 g/mol. The molecule has 0 amide bonds. The van der Waals surface area contributed by atoms with Crippen molar-refractivity contribution in [3.63, 3.8) is 0 Å². The molecule has 1 aromatic carbocycles. The van der Waals surface area contributed by atoms with Gasteiger partial charge in [-0.3, -0.25) is 0 Å². The van der Waals surface area contributed by atoms with E-state index in [0.29, 0.717) is 16.0 Å². The van der Waals surface area contributed by atoms with Crippen molar-refractivity contribution >= 4 is 40.5 Å². The molecule has 0 N–H and O–H groups in total. The van der Waals surface area contributed by atoms with Gasteiger partial charge in [0.15, 0.2) is 0 Å². The van der Waals surface area contributed by atoms with Crippen LogP contribution in [0.2, 0.25) is 10.0 Å². The predicted octanol–water partition coefficient (Wildman–Crippen LogP) is 4.95. The number of aromatic nitrogens is 2. The molecule has 1 atom stereocenters. The average Bonchev–Trinajstić information content (AvgIpc) is 3.31. The third-order valence-electron chi connectivity index (χ3n) is 5.51. The fourth-order valence-corrected chi connectivity index (χ4v) is 4.63. The normalized spacial score (nSPS) is 21.6. The van der Waals surface area contributed by atoms with Crippen molar-refractivity contribution in [3.05, 3.63) is 39.6 Å². The topological polar surface area (TPSA) is 32.3 Å². The molecule has 0 bridgehead atoms. The monoisotopic (exact) mass is 374 g/mol. The largest absolute Gasteiger partial charge is 0.356 e. The van der Waals surface area contributed by atoms with Crippen LogP contribution in [0.1, 0.15) is 36.6 Å². The quantitative estimate of drug-likeness (QED) is 0.760. The van der Waals surface area contributed by atoms with Gasteiger partial charge in [0, 0.05) is 36.1 Å². The summed E-state index contributed by atoms with van der Waals surface area (Å²) in [5.74, 6) is 4.33. The van der Waals surface area contributed by atoms with Crippen molar-refractivity contribution in [1.29, 1.82) is 0 Å². The van der Waals surface area contributed by atoms with Crippen molar-refractivity contribution in [2.75, 3.05) is 29.4 Å². The molecule has 2 aromatic rings. The molecule has 3 aliphatic rings. The second-order valence-corrected chi connectivity index (χ2v) is 8.26. The Balaban J connectivity index is 1.60. The molecule has 1 aliphatic carbocycles. The zero-order valence-corrected chi connectivity index (χ0v) is 15.7. The molecule has 6 heteroatoms. The first-order valence-electron chi connectivity index (χ1n) is 8.96. The zero-order valence-electron chi connectivity index (χ0n) is 14.2. The fraction of sp³-hybridized carbons (Fsp3) is 0.474. The third-order valence-corrected chi connectivity index (χ3v) is 6.04. The van der Waals surface area contributed by atoms with Gasteiger partial charge in [-0.1, -0.05) is 23.2 Å². The lowest BCUT2D eigenvalue weighted by molar-refractivity contribution is 0.581. The highest BCUT2D eigenvalue weighted by Crippen LogP contribution is 2.49. The number of aryl methyl sites for hydroxylation is 1. The molecule has 0 saturated heterocycles. The van der Waals surface area contributed by atoms with E-state index in [1.165, 1.54) is 18.4 Å². The van der Waals surface area contributed by atoms with Crippen LogP contribution < -0.4 is 9.80 Å². The van der Waals surface area contributed by atoms with Gasteiger partial charge in [0.25, 0.3) is 0 Å². The van der Waals surface area contributed by atoms with Crippen LogP contribution in [-0.4, -0.2) is 29.6 Å². The number of hydrogen-bond acceptors (Lipinski definition) is 4. The lowest BCUT2D eigenvalue weighted by Crippen LogP contribution is -2.33. The highest BCUT2D eigenvalue weighted by atomic mass is 35.5. The minimum atomic E-state index is 0.479. The maximum Gasteiger partial charge on any atom is 0.142 e. The van der Waals surface area contributed by atoms with Gasteiger partial charge in [-0.05, 0) is 50.3 Å². The smallest absolute Gasteiger partial charge is 0.142 e.